The number of carbonyl (C=O) groups is 2. The first-order chi connectivity index (χ1) is 9.97. The highest BCUT2D eigenvalue weighted by atomic mass is 16.4. The third-order valence-corrected chi connectivity index (χ3v) is 4.48. The molecule has 2 aliphatic rings. The number of hydrogen-bond acceptors (Lipinski definition) is 3. The Hall–Kier alpha value is -2.11. The van der Waals surface area contributed by atoms with Crippen LogP contribution in [0, 0.1) is 24.7 Å². The Kier molecular flexibility index (Phi) is 3.31. The molecule has 6 nitrogen and oxygen atoms in total. The van der Waals surface area contributed by atoms with Crippen molar-refractivity contribution in [3.63, 3.8) is 0 Å². The second-order valence-corrected chi connectivity index (χ2v) is 6.04. The standard InChI is InChI=1S/C15H18N2O4/c1-8-2-5-10(13(18)16-8)14(19)17-6-11(9-3-4-9)12(7-17)15(20)21/h2,5,9,11-12H,3-4,6-7H2,1H3,(H,16,18)(H,20,21)/t11-,12+/m1/s1. The molecule has 2 heterocycles. The van der Waals surface area contributed by atoms with E-state index < -0.39 is 17.4 Å². The van der Waals surface area contributed by atoms with E-state index >= 15 is 0 Å². The van der Waals surface area contributed by atoms with Gasteiger partial charge >= 0.3 is 5.97 Å². The predicted octanol–water partition coefficient (Wildman–Crippen LogP) is 0.866. The van der Waals surface area contributed by atoms with Gasteiger partial charge in [0.2, 0.25) is 0 Å². The highest BCUT2D eigenvalue weighted by molar-refractivity contribution is 5.94. The molecule has 3 rings (SSSR count). The van der Waals surface area contributed by atoms with E-state index in [0.717, 1.165) is 12.8 Å². The Labute approximate surface area is 121 Å². The van der Waals surface area contributed by atoms with Gasteiger partial charge in [0.05, 0.1) is 5.92 Å². The smallest absolute Gasteiger partial charge is 0.308 e. The van der Waals surface area contributed by atoms with Gasteiger partial charge in [0.15, 0.2) is 0 Å². The molecule has 0 unspecified atom stereocenters. The third kappa shape index (κ3) is 2.57. The largest absolute Gasteiger partial charge is 0.481 e. The fourth-order valence-electron chi connectivity index (χ4n) is 3.17. The first kappa shape index (κ1) is 13.9. The number of nitrogens with zero attached hydrogens (tertiary/aromatic N) is 1. The van der Waals surface area contributed by atoms with Crippen LogP contribution in [0.4, 0.5) is 0 Å². The summed E-state index contributed by atoms with van der Waals surface area (Å²) in [6, 6.07) is 3.19. The molecule has 1 saturated heterocycles. The highest BCUT2D eigenvalue weighted by Crippen LogP contribution is 2.44. The van der Waals surface area contributed by atoms with E-state index in [1.165, 1.54) is 11.0 Å². The van der Waals surface area contributed by atoms with Gasteiger partial charge in [-0.2, -0.15) is 0 Å². The summed E-state index contributed by atoms with van der Waals surface area (Å²) in [6.07, 6.45) is 2.09. The summed E-state index contributed by atoms with van der Waals surface area (Å²) in [5.41, 5.74) is 0.361. The van der Waals surface area contributed by atoms with Crippen molar-refractivity contribution in [3.05, 3.63) is 33.7 Å². The number of pyridine rings is 1. The number of H-pyrrole nitrogens is 1. The Balaban J connectivity index is 1.82. The number of nitrogens with one attached hydrogen (secondary N) is 1. The van der Waals surface area contributed by atoms with Crippen molar-refractivity contribution in [1.82, 2.24) is 9.88 Å². The summed E-state index contributed by atoms with van der Waals surface area (Å²) in [5.74, 6) is -1.28. The first-order valence-corrected chi connectivity index (χ1v) is 7.19. The topological polar surface area (TPSA) is 90.5 Å². The van der Waals surface area contributed by atoms with E-state index in [-0.39, 0.29) is 23.9 Å². The lowest BCUT2D eigenvalue weighted by Crippen LogP contribution is -2.34. The summed E-state index contributed by atoms with van der Waals surface area (Å²) in [7, 11) is 0. The Bertz CT molecular complexity index is 647. The summed E-state index contributed by atoms with van der Waals surface area (Å²) >= 11 is 0. The van der Waals surface area contributed by atoms with Crippen molar-refractivity contribution in [3.8, 4) is 0 Å². The molecule has 0 bridgehead atoms. The van der Waals surface area contributed by atoms with Gasteiger partial charge in [-0.3, -0.25) is 14.4 Å². The minimum Gasteiger partial charge on any atom is -0.481 e. The van der Waals surface area contributed by atoms with E-state index in [1.807, 2.05) is 0 Å². The van der Waals surface area contributed by atoms with Crippen LogP contribution in [0.25, 0.3) is 0 Å². The number of aryl methyl sites for hydroxylation is 1. The van der Waals surface area contributed by atoms with Gasteiger partial charge in [-0.05, 0) is 43.7 Å². The molecule has 2 atom stereocenters. The molecular formula is C15H18N2O4. The van der Waals surface area contributed by atoms with Crippen molar-refractivity contribution in [2.45, 2.75) is 19.8 Å². The highest BCUT2D eigenvalue weighted by Gasteiger charge is 2.47. The fourth-order valence-corrected chi connectivity index (χ4v) is 3.17. The molecule has 1 aromatic heterocycles. The molecule has 21 heavy (non-hydrogen) atoms. The number of rotatable bonds is 3. The average Bonchev–Trinajstić information content (AvgIpc) is 3.16. The molecule has 1 aliphatic carbocycles. The number of aliphatic carboxylic acids is 1. The number of likely N-dealkylation sites (tertiary alicyclic amines) is 1. The minimum atomic E-state index is -0.847. The fraction of sp³-hybridized carbons (Fsp3) is 0.533. The van der Waals surface area contributed by atoms with Crippen molar-refractivity contribution in [2.24, 2.45) is 17.8 Å². The van der Waals surface area contributed by atoms with Gasteiger partial charge < -0.3 is 15.0 Å². The molecule has 0 radical (unpaired) electrons. The Morgan fingerprint density at radius 1 is 1.29 bits per heavy atom. The van der Waals surface area contributed by atoms with Crippen molar-refractivity contribution in [2.75, 3.05) is 13.1 Å². The molecular weight excluding hydrogens is 272 g/mol. The molecule has 6 heteroatoms. The molecule has 1 amide bonds. The maximum atomic E-state index is 12.4. The van der Waals surface area contributed by atoms with Crippen LogP contribution in [-0.2, 0) is 4.79 Å². The number of carbonyl (C=O) groups excluding carboxylic acids is 1. The lowest BCUT2D eigenvalue weighted by Gasteiger charge is -2.15. The predicted molar refractivity (Wildman–Crippen MR) is 75.0 cm³/mol. The molecule has 1 saturated carbocycles. The van der Waals surface area contributed by atoms with Crippen LogP contribution in [0.5, 0.6) is 0 Å². The van der Waals surface area contributed by atoms with E-state index in [0.29, 0.717) is 18.2 Å². The summed E-state index contributed by atoms with van der Waals surface area (Å²) in [4.78, 5) is 39.8. The zero-order chi connectivity index (χ0) is 15.1. The minimum absolute atomic E-state index is 0.0241. The molecule has 0 spiro atoms. The number of aromatic nitrogens is 1. The number of carboxylic acids is 1. The number of aromatic amines is 1. The lowest BCUT2D eigenvalue weighted by molar-refractivity contribution is -0.142. The van der Waals surface area contributed by atoms with Crippen LogP contribution in [0.1, 0.15) is 28.9 Å². The molecule has 0 aromatic carbocycles. The Morgan fingerprint density at radius 2 is 2.00 bits per heavy atom. The van der Waals surface area contributed by atoms with Crippen molar-refractivity contribution < 1.29 is 14.7 Å². The zero-order valence-corrected chi connectivity index (χ0v) is 11.8. The van der Waals surface area contributed by atoms with Crippen LogP contribution < -0.4 is 5.56 Å². The summed E-state index contributed by atoms with van der Waals surface area (Å²) < 4.78 is 0. The van der Waals surface area contributed by atoms with Crippen LogP contribution in [0.3, 0.4) is 0 Å². The van der Waals surface area contributed by atoms with Crippen LogP contribution in [-0.4, -0.2) is 40.0 Å². The first-order valence-electron chi connectivity index (χ1n) is 7.19. The average molecular weight is 290 g/mol. The molecule has 2 N–H and O–H groups in total. The van der Waals surface area contributed by atoms with Crippen molar-refractivity contribution >= 4 is 11.9 Å². The molecule has 2 fully saturated rings. The van der Waals surface area contributed by atoms with Crippen molar-refractivity contribution in [1.29, 1.82) is 0 Å². The van der Waals surface area contributed by atoms with Gasteiger partial charge in [-0.1, -0.05) is 0 Å². The molecule has 1 aromatic rings. The monoisotopic (exact) mass is 290 g/mol. The number of amides is 1. The molecule has 1 aliphatic heterocycles. The van der Waals surface area contributed by atoms with E-state index in [1.54, 1.807) is 13.0 Å². The van der Waals surface area contributed by atoms with Gasteiger partial charge in [0, 0.05) is 18.8 Å². The number of hydrogen-bond donors (Lipinski definition) is 2. The maximum absolute atomic E-state index is 12.4. The summed E-state index contributed by atoms with van der Waals surface area (Å²) in [5, 5.41) is 9.32. The molecule has 112 valence electrons. The van der Waals surface area contributed by atoms with Gasteiger partial charge in [-0.25, -0.2) is 0 Å². The van der Waals surface area contributed by atoms with Crippen LogP contribution in [0.15, 0.2) is 16.9 Å². The second kappa shape index (κ2) is 5.02. The van der Waals surface area contributed by atoms with Gasteiger partial charge in [-0.15, -0.1) is 0 Å². The Morgan fingerprint density at radius 3 is 2.57 bits per heavy atom. The van der Waals surface area contributed by atoms with Crippen LogP contribution in [0.2, 0.25) is 0 Å². The van der Waals surface area contributed by atoms with E-state index in [2.05, 4.69) is 4.98 Å². The quantitative estimate of drug-likeness (QED) is 0.864. The van der Waals surface area contributed by atoms with Crippen LogP contribution >= 0.6 is 0 Å². The summed E-state index contributed by atoms with van der Waals surface area (Å²) in [6.45, 7) is 2.38. The number of carboxylic acid groups (broad SMARTS) is 1. The normalized spacial score (nSPS) is 25.1. The second-order valence-electron chi connectivity index (χ2n) is 6.04. The van der Waals surface area contributed by atoms with Gasteiger partial charge in [0.1, 0.15) is 5.56 Å². The van der Waals surface area contributed by atoms with E-state index in [4.69, 9.17) is 0 Å². The SMILES string of the molecule is Cc1ccc(C(=O)N2C[C@H](C(=O)O)[C@@H](C3CC3)C2)c(=O)[nH]1. The maximum Gasteiger partial charge on any atom is 0.308 e. The third-order valence-electron chi connectivity index (χ3n) is 4.48. The lowest BCUT2D eigenvalue weighted by atomic mass is 9.92. The van der Waals surface area contributed by atoms with E-state index in [9.17, 15) is 19.5 Å². The zero-order valence-electron chi connectivity index (χ0n) is 11.8. The van der Waals surface area contributed by atoms with Gasteiger partial charge in [0.25, 0.3) is 11.5 Å².